The summed E-state index contributed by atoms with van der Waals surface area (Å²) in [5.41, 5.74) is 2.26. The van der Waals surface area contributed by atoms with Crippen molar-refractivity contribution in [3.05, 3.63) is 29.3 Å². The van der Waals surface area contributed by atoms with Crippen molar-refractivity contribution in [3.63, 3.8) is 0 Å². The minimum atomic E-state index is -0.706. The van der Waals surface area contributed by atoms with Gasteiger partial charge < -0.3 is 9.84 Å². The Morgan fingerprint density at radius 3 is 2.69 bits per heavy atom. The molecule has 2 rings (SSSR count). The first-order valence-electron chi connectivity index (χ1n) is 5.57. The maximum atomic E-state index is 10.9. The molecule has 0 aromatic heterocycles. The van der Waals surface area contributed by atoms with Gasteiger partial charge in [-0.3, -0.25) is 4.79 Å². The van der Waals surface area contributed by atoms with Gasteiger partial charge in [0.1, 0.15) is 5.75 Å². The highest BCUT2D eigenvalue weighted by Crippen LogP contribution is 2.30. The third kappa shape index (κ3) is 2.18. The van der Waals surface area contributed by atoms with Gasteiger partial charge in [-0.1, -0.05) is 6.07 Å². The molecule has 0 saturated carbocycles. The number of benzene rings is 1. The molecule has 3 heteroatoms. The Kier molecular flexibility index (Phi) is 2.86. The van der Waals surface area contributed by atoms with E-state index in [1.807, 2.05) is 32.0 Å². The fourth-order valence-electron chi connectivity index (χ4n) is 2.11. The number of hydrogen-bond donors (Lipinski definition) is 1. The van der Waals surface area contributed by atoms with E-state index in [2.05, 4.69) is 0 Å². The van der Waals surface area contributed by atoms with Crippen LogP contribution in [0.15, 0.2) is 18.2 Å². The average Bonchev–Trinajstić information content (AvgIpc) is 2.59. The summed E-state index contributed by atoms with van der Waals surface area (Å²) in [4.78, 5) is 10.9. The van der Waals surface area contributed by atoms with Crippen molar-refractivity contribution >= 4 is 5.97 Å². The molecule has 0 spiro atoms. The molecule has 0 saturated heterocycles. The van der Waals surface area contributed by atoms with Gasteiger partial charge in [0, 0.05) is 0 Å². The highest BCUT2D eigenvalue weighted by Gasteiger charge is 2.27. The topological polar surface area (TPSA) is 46.5 Å². The SMILES string of the molecule is CC(C)Oc1ccc2c(c1)CC(C(=O)O)C2. The summed E-state index contributed by atoms with van der Waals surface area (Å²) in [6.07, 6.45) is 1.42. The number of ether oxygens (including phenoxy) is 1. The van der Waals surface area contributed by atoms with Gasteiger partial charge in [0.25, 0.3) is 0 Å². The summed E-state index contributed by atoms with van der Waals surface area (Å²) in [5, 5.41) is 8.97. The number of rotatable bonds is 3. The lowest BCUT2D eigenvalue weighted by Gasteiger charge is -2.10. The second kappa shape index (κ2) is 4.16. The first kappa shape index (κ1) is 11.0. The van der Waals surface area contributed by atoms with Crippen LogP contribution in [0.25, 0.3) is 0 Å². The van der Waals surface area contributed by atoms with Gasteiger partial charge in [0.05, 0.1) is 12.0 Å². The van der Waals surface area contributed by atoms with E-state index in [-0.39, 0.29) is 12.0 Å². The van der Waals surface area contributed by atoms with E-state index >= 15 is 0 Å². The first-order chi connectivity index (χ1) is 7.56. The van der Waals surface area contributed by atoms with E-state index in [1.165, 1.54) is 0 Å². The van der Waals surface area contributed by atoms with Gasteiger partial charge in [-0.15, -0.1) is 0 Å². The molecular formula is C13H16O3. The van der Waals surface area contributed by atoms with Crippen LogP contribution in [0.3, 0.4) is 0 Å². The van der Waals surface area contributed by atoms with E-state index in [0.717, 1.165) is 16.9 Å². The first-order valence-corrected chi connectivity index (χ1v) is 5.57. The van der Waals surface area contributed by atoms with Gasteiger partial charge >= 0.3 is 5.97 Å². The fraction of sp³-hybridized carbons (Fsp3) is 0.462. The maximum absolute atomic E-state index is 10.9. The molecule has 0 heterocycles. The second-order valence-corrected chi connectivity index (χ2v) is 4.54. The van der Waals surface area contributed by atoms with Crippen LogP contribution in [0.4, 0.5) is 0 Å². The van der Waals surface area contributed by atoms with Crippen LogP contribution >= 0.6 is 0 Å². The lowest BCUT2D eigenvalue weighted by Crippen LogP contribution is -2.12. The lowest BCUT2D eigenvalue weighted by atomic mass is 10.1. The van der Waals surface area contributed by atoms with Gasteiger partial charge in [0.2, 0.25) is 0 Å². The summed E-state index contributed by atoms with van der Waals surface area (Å²) in [5.74, 6) is -0.133. The minimum absolute atomic E-state index is 0.148. The van der Waals surface area contributed by atoms with Crippen LogP contribution in [-0.2, 0) is 17.6 Å². The molecule has 0 amide bonds. The van der Waals surface area contributed by atoms with Crippen molar-refractivity contribution in [1.29, 1.82) is 0 Å². The molecule has 1 unspecified atom stereocenters. The van der Waals surface area contributed by atoms with E-state index < -0.39 is 5.97 Å². The van der Waals surface area contributed by atoms with Gasteiger partial charge in [0.15, 0.2) is 0 Å². The van der Waals surface area contributed by atoms with Gasteiger partial charge in [-0.05, 0) is 49.9 Å². The van der Waals surface area contributed by atoms with Crippen molar-refractivity contribution in [3.8, 4) is 5.75 Å². The molecule has 16 heavy (non-hydrogen) atoms. The highest BCUT2D eigenvalue weighted by molar-refractivity contribution is 5.72. The number of fused-ring (bicyclic) bond motifs is 1. The zero-order valence-electron chi connectivity index (χ0n) is 9.56. The number of carboxylic acid groups (broad SMARTS) is 1. The molecule has 1 atom stereocenters. The van der Waals surface area contributed by atoms with E-state index in [4.69, 9.17) is 9.84 Å². The Labute approximate surface area is 95.0 Å². The number of hydrogen-bond acceptors (Lipinski definition) is 2. The van der Waals surface area contributed by atoms with Crippen molar-refractivity contribution in [2.75, 3.05) is 0 Å². The highest BCUT2D eigenvalue weighted by atomic mass is 16.5. The third-order valence-corrected chi connectivity index (χ3v) is 2.83. The standard InChI is InChI=1S/C13H16O3/c1-8(2)16-12-4-3-9-5-11(13(14)15)6-10(9)7-12/h3-4,7-8,11H,5-6H2,1-2H3,(H,14,15). The molecule has 1 aromatic rings. The molecule has 0 radical (unpaired) electrons. The summed E-state index contributed by atoms with van der Waals surface area (Å²) in [7, 11) is 0. The van der Waals surface area contributed by atoms with Gasteiger partial charge in [-0.25, -0.2) is 0 Å². The normalized spacial score (nSPS) is 18.6. The largest absolute Gasteiger partial charge is 0.491 e. The van der Waals surface area contributed by atoms with Crippen molar-refractivity contribution in [1.82, 2.24) is 0 Å². The smallest absolute Gasteiger partial charge is 0.307 e. The minimum Gasteiger partial charge on any atom is -0.491 e. The molecule has 1 N–H and O–H groups in total. The number of carboxylic acids is 1. The summed E-state index contributed by atoms with van der Waals surface area (Å²) >= 11 is 0. The monoisotopic (exact) mass is 220 g/mol. The quantitative estimate of drug-likeness (QED) is 0.850. The van der Waals surface area contributed by atoms with Crippen LogP contribution in [0.1, 0.15) is 25.0 Å². The predicted molar refractivity (Wildman–Crippen MR) is 60.7 cm³/mol. The van der Waals surface area contributed by atoms with E-state index in [0.29, 0.717) is 12.8 Å². The number of aliphatic carboxylic acids is 1. The molecule has 0 fully saturated rings. The zero-order valence-corrected chi connectivity index (χ0v) is 9.56. The van der Waals surface area contributed by atoms with Crippen molar-refractivity contribution in [2.24, 2.45) is 5.92 Å². The summed E-state index contributed by atoms with van der Waals surface area (Å²) < 4.78 is 5.59. The van der Waals surface area contributed by atoms with Crippen LogP contribution in [0.5, 0.6) is 5.75 Å². The molecular weight excluding hydrogens is 204 g/mol. The predicted octanol–water partition coefficient (Wildman–Crippen LogP) is 2.27. The van der Waals surface area contributed by atoms with Crippen LogP contribution in [0, 0.1) is 5.92 Å². The Balaban J connectivity index is 2.17. The zero-order chi connectivity index (χ0) is 11.7. The molecule has 1 aromatic carbocycles. The molecule has 0 aliphatic heterocycles. The maximum Gasteiger partial charge on any atom is 0.307 e. The van der Waals surface area contributed by atoms with Crippen molar-refractivity contribution < 1.29 is 14.6 Å². The summed E-state index contributed by atoms with van der Waals surface area (Å²) in [6, 6.07) is 5.87. The Morgan fingerprint density at radius 1 is 1.38 bits per heavy atom. The molecule has 1 aliphatic rings. The molecule has 86 valence electrons. The van der Waals surface area contributed by atoms with Gasteiger partial charge in [-0.2, -0.15) is 0 Å². The van der Waals surface area contributed by atoms with E-state index in [9.17, 15) is 4.79 Å². The second-order valence-electron chi connectivity index (χ2n) is 4.54. The van der Waals surface area contributed by atoms with Crippen LogP contribution in [-0.4, -0.2) is 17.2 Å². The number of carbonyl (C=O) groups is 1. The molecule has 0 bridgehead atoms. The van der Waals surface area contributed by atoms with E-state index in [1.54, 1.807) is 0 Å². The fourth-order valence-corrected chi connectivity index (χ4v) is 2.11. The third-order valence-electron chi connectivity index (χ3n) is 2.83. The Bertz CT molecular complexity index is 410. The molecule has 3 nitrogen and oxygen atoms in total. The lowest BCUT2D eigenvalue weighted by molar-refractivity contribution is -0.141. The van der Waals surface area contributed by atoms with Crippen LogP contribution < -0.4 is 4.74 Å². The Morgan fingerprint density at radius 2 is 2.06 bits per heavy atom. The van der Waals surface area contributed by atoms with Crippen molar-refractivity contribution in [2.45, 2.75) is 32.8 Å². The summed E-state index contributed by atoms with van der Waals surface area (Å²) in [6.45, 7) is 3.96. The average molecular weight is 220 g/mol. The Hall–Kier alpha value is -1.51. The van der Waals surface area contributed by atoms with Crippen LogP contribution in [0.2, 0.25) is 0 Å². The molecule has 1 aliphatic carbocycles.